The predicted octanol–water partition coefficient (Wildman–Crippen LogP) is 20.4. The van der Waals surface area contributed by atoms with Crippen LogP contribution in [0.15, 0.2) is 12.2 Å². The molecule has 6 heteroatoms. The monoisotopic (exact) mass is 1000 g/mol. The number of aliphatic hydroxyl groups is 2. The van der Waals surface area contributed by atoms with Gasteiger partial charge in [0.1, 0.15) is 0 Å². The first kappa shape index (κ1) is 69.6. The molecule has 0 rings (SSSR count). The Kier molecular flexibility index (Phi) is 59.9. The average Bonchev–Trinajstić information content (AvgIpc) is 3.37. The Balaban J connectivity index is 3.33. The second-order valence-corrected chi connectivity index (χ2v) is 22.5. The van der Waals surface area contributed by atoms with Crippen LogP contribution in [0.5, 0.6) is 0 Å². The van der Waals surface area contributed by atoms with E-state index in [0.717, 1.165) is 38.5 Å². The molecule has 0 bridgehead atoms. The number of allylic oxidation sites excluding steroid dienone is 2. The van der Waals surface area contributed by atoms with Crippen molar-refractivity contribution < 1.29 is 24.5 Å². The Bertz CT molecular complexity index is 1060. The van der Waals surface area contributed by atoms with Gasteiger partial charge in [-0.1, -0.05) is 315 Å². The van der Waals surface area contributed by atoms with Crippen molar-refractivity contribution in [3.05, 3.63) is 12.2 Å². The lowest BCUT2D eigenvalue weighted by Gasteiger charge is -2.22. The number of carbonyl (C=O) groups excluding carboxylic acids is 2. The Morgan fingerprint density at radius 1 is 0.380 bits per heavy atom. The molecule has 3 N–H and O–H groups in total. The van der Waals surface area contributed by atoms with Crippen molar-refractivity contribution in [1.82, 2.24) is 5.32 Å². The number of rotatable bonds is 61. The van der Waals surface area contributed by atoms with Crippen LogP contribution in [0.3, 0.4) is 0 Å². The minimum absolute atomic E-state index is 0.0184. The molecule has 0 aliphatic carbocycles. The summed E-state index contributed by atoms with van der Waals surface area (Å²) >= 11 is 0. The summed E-state index contributed by atoms with van der Waals surface area (Å²) in [6, 6.07) is -0.537. The Hall–Kier alpha value is -1.40. The number of nitrogens with one attached hydrogen (secondary N) is 1. The molecule has 0 fully saturated rings. The van der Waals surface area contributed by atoms with Gasteiger partial charge < -0.3 is 20.3 Å². The summed E-state index contributed by atoms with van der Waals surface area (Å²) in [4.78, 5) is 24.4. The molecule has 0 aliphatic rings. The number of aliphatic hydroxyl groups excluding tert-OH is 2. The van der Waals surface area contributed by atoms with Crippen molar-refractivity contribution in [3.63, 3.8) is 0 Å². The predicted molar refractivity (Wildman–Crippen MR) is 310 cm³/mol. The smallest absolute Gasteiger partial charge is 0.305 e. The van der Waals surface area contributed by atoms with Gasteiger partial charge in [0.15, 0.2) is 0 Å². The quantitative estimate of drug-likeness (QED) is 0.0320. The van der Waals surface area contributed by atoms with E-state index < -0.39 is 12.1 Å². The van der Waals surface area contributed by atoms with Gasteiger partial charge in [-0.3, -0.25) is 9.59 Å². The number of ether oxygens (including phenoxy) is 1. The molecule has 2 atom stereocenters. The maximum atomic E-state index is 12.4. The molecule has 0 aromatic rings. The fourth-order valence-corrected chi connectivity index (χ4v) is 10.3. The number of carbonyl (C=O) groups is 2. The van der Waals surface area contributed by atoms with Crippen LogP contribution < -0.4 is 5.32 Å². The molecule has 422 valence electrons. The van der Waals surface area contributed by atoms with E-state index in [1.807, 2.05) is 0 Å². The first-order valence-electron chi connectivity index (χ1n) is 32.4. The minimum Gasteiger partial charge on any atom is -0.466 e. The molecule has 71 heavy (non-hydrogen) atoms. The lowest BCUT2D eigenvalue weighted by atomic mass is 10.0. The summed E-state index contributed by atoms with van der Waals surface area (Å²) in [6.07, 6.45) is 74.0. The van der Waals surface area contributed by atoms with Crippen molar-refractivity contribution in [2.45, 2.75) is 379 Å². The van der Waals surface area contributed by atoms with E-state index in [9.17, 15) is 19.8 Å². The van der Waals surface area contributed by atoms with Crippen LogP contribution in [0.25, 0.3) is 0 Å². The lowest BCUT2D eigenvalue weighted by molar-refractivity contribution is -0.143. The highest BCUT2D eigenvalue weighted by Crippen LogP contribution is 2.18. The van der Waals surface area contributed by atoms with Crippen LogP contribution in [0.1, 0.15) is 367 Å². The van der Waals surface area contributed by atoms with Gasteiger partial charge in [-0.15, -0.1) is 0 Å². The fourth-order valence-electron chi connectivity index (χ4n) is 10.3. The topological polar surface area (TPSA) is 95.9 Å². The number of hydrogen-bond donors (Lipinski definition) is 3. The van der Waals surface area contributed by atoms with Gasteiger partial charge in [0.05, 0.1) is 25.4 Å². The molecule has 0 aromatic carbocycles. The van der Waals surface area contributed by atoms with Gasteiger partial charge in [-0.25, -0.2) is 0 Å². The van der Waals surface area contributed by atoms with Crippen LogP contribution >= 0.6 is 0 Å². The molecule has 0 heterocycles. The van der Waals surface area contributed by atoms with Crippen molar-refractivity contribution in [2.24, 2.45) is 0 Å². The first-order chi connectivity index (χ1) is 35.0. The minimum atomic E-state index is -0.660. The molecule has 0 saturated carbocycles. The van der Waals surface area contributed by atoms with Crippen LogP contribution in [0.4, 0.5) is 0 Å². The Labute approximate surface area is 444 Å². The van der Waals surface area contributed by atoms with Crippen LogP contribution in [0.2, 0.25) is 0 Å². The normalized spacial score (nSPS) is 12.6. The molecular formula is C65H127NO5. The van der Waals surface area contributed by atoms with Gasteiger partial charge in [-0.2, -0.15) is 0 Å². The van der Waals surface area contributed by atoms with E-state index >= 15 is 0 Å². The molecule has 1 amide bonds. The van der Waals surface area contributed by atoms with Crippen molar-refractivity contribution in [3.8, 4) is 0 Å². The summed E-state index contributed by atoms with van der Waals surface area (Å²) < 4.78 is 5.47. The third-order valence-corrected chi connectivity index (χ3v) is 15.3. The molecule has 0 aromatic heterocycles. The van der Waals surface area contributed by atoms with Crippen LogP contribution in [-0.2, 0) is 14.3 Å². The van der Waals surface area contributed by atoms with E-state index in [2.05, 4.69) is 31.3 Å². The molecule has 0 saturated heterocycles. The number of hydrogen-bond acceptors (Lipinski definition) is 5. The highest BCUT2D eigenvalue weighted by molar-refractivity contribution is 5.76. The van der Waals surface area contributed by atoms with Crippen LogP contribution in [-0.4, -0.2) is 47.4 Å². The summed E-state index contributed by atoms with van der Waals surface area (Å²) in [5.41, 5.74) is 0. The molecule has 0 aliphatic heterocycles. The number of esters is 1. The fraction of sp³-hybridized carbons (Fsp3) is 0.938. The summed E-state index contributed by atoms with van der Waals surface area (Å²) in [5.74, 6) is -0.0131. The zero-order chi connectivity index (χ0) is 51.4. The summed E-state index contributed by atoms with van der Waals surface area (Å²) in [7, 11) is 0. The lowest BCUT2D eigenvalue weighted by Crippen LogP contribution is -2.45. The molecule has 2 unspecified atom stereocenters. The largest absolute Gasteiger partial charge is 0.466 e. The Morgan fingerprint density at radius 2 is 0.662 bits per heavy atom. The first-order valence-corrected chi connectivity index (χ1v) is 32.4. The third-order valence-electron chi connectivity index (χ3n) is 15.3. The highest BCUT2D eigenvalue weighted by atomic mass is 16.5. The van der Waals surface area contributed by atoms with Crippen molar-refractivity contribution >= 4 is 11.9 Å². The zero-order valence-corrected chi connectivity index (χ0v) is 48.2. The Morgan fingerprint density at radius 3 is 1.00 bits per heavy atom. The maximum absolute atomic E-state index is 12.4. The van der Waals surface area contributed by atoms with E-state index in [4.69, 9.17) is 4.74 Å². The third kappa shape index (κ3) is 57.7. The molecular weight excluding hydrogens is 875 g/mol. The van der Waals surface area contributed by atoms with Gasteiger partial charge >= 0.3 is 5.97 Å². The van der Waals surface area contributed by atoms with E-state index in [0.29, 0.717) is 25.9 Å². The molecule has 6 nitrogen and oxygen atoms in total. The standard InChI is InChI=1S/C65H127NO5/c1-3-5-7-9-11-13-37-41-45-49-53-57-63(68)62(61-67)66-64(69)58-54-50-46-42-39-35-33-31-29-27-25-23-21-19-17-15-16-18-20-22-24-26-28-30-32-34-36-40-44-48-52-56-60-71-65(70)59-55-51-47-43-38-14-12-10-8-6-4-2/h18,20,62-63,67-68H,3-17,19,21-61H2,1-2H3,(H,66,69)/b20-18-. The zero-order valence-electron chi connectivity index (χ0n) is 48.2. The summed E-state index contributed by atoms with van der Waals surface area (Å²) in [6.45, 7) is 4.96. The number of amides is 1. The SMILES string of the molecule is CCCCCCCCCCCCCC(=O)OCCCCCCCCCCCCCC/C=C\CCCCCCCCCCCCCCCCCCC(=O)NC(CO)C(O)CCCCCCCCCCCCC. The molecule has 0 radical (unpaired) electrons. The maximum Gasteiger partial charge on any atom is 0.305 e. The second-order valence-electron chi connectivity index (χ2n) is 22.5. The molecule has 0 spiro atoms. The number of unbranched alkanes of at least 4 members (excludes halogenated alkanes) is 48. The average molecular weight is 1000 g/mol. The highest BCUT2D eigenvalue weighted by Gasteiger charge is 2.20. The van der Waals surface area contributed by atoms with E-state index in [1.165, 1.54) is 295 Å². The van der Waals surface area contributed by atoms with Crippen molar-refractivity contribution in [2.75, 3.05) is 13.2 Å². The van der Waals surface area contributed by atoms with Gasteiger partial charge in [-0.05, 0) is 51.4 Å². The van der Waals surface area contributed by atoms with Gasteiger partial charge in [0.2, 0.25) is 5.91 Å². The van der Waals surface area contributed by atoms with E-state index in [1.54, 1.807) is 0 Å². The van der Waals surface area contributed by atoms with Crippen molar-refractivity contribution in [1.29, 1.82) is 0 Å². The van der Waals surface area contributed by atoms with Gasteiger partial charge in [0.25, 0.3) is 0 Å². The summed E-state index contributed by atoms with van der Waals surface area (Å²) in [5, 5.41) is 23.2. The second kappa shape index (κ2) is 61.1. The van der Waals surface area contributed by atoms with E-state index in [-0.39, 0.29) is 18.5 Å². The van der Waals surface area contributed by atoms with Crippen LogP contribution in [0, 0.1) is 0 Å². The van der Waals surface area contributed by atoms with Gasteiger partial charge in [0, 0.05) is 12.8 Å².